The van der Waals surface area contributed by atoms with Gasteiger partial charge >= 0.3 is 0 Å². The molecule has 23 nitrogen and oxygen atoms in total. The summed E-state index contributed by atoms with van der Waals surface area (Å²) in [5.74, 6) is -1.08. The minimum absolute atomic E-state index is 0.0525. The molecule has 3 atom stereocenters. The third-order valence-electron chi connectivity index (χ3n) is 14.6. The summed E-state index contributed by atoms with van der Waals surface area (Å²) >= 11 is 1.53. The molecule has 2 saturated heterocycles. The maximum absolute atomic E-state index is 15.6. The summed E-state index contributed by atoms with van der Waals surface area (Å²) in [5.41, 5.74) is 7.94. The Morgan fingerprint density at radius 1 is 0.831 bits per heavy atom. The van der Waals surface area contributed by atoms with Gasteiger partial charge in [-0.3, -0.25) is 38.4 Å². The number of thiazole rings is 1. The number of aryl methyl sites for hydroxylation is 1. The molecule has 0 radical (unpaired) electrons. The number of H-pyrrole nitrogens is 1. The summed E-state index contributed by atoms with van der Waals surface area (Å²) in [6.45, 7) is 11.0. The van der Waals surface area contributed by atoms with Crippen molar-refractivity contribution < 1.29 is 52.4 Å². The number of halogens is 1. The number of aromatic amines is 1. The van der Waals surface area contributed by atoms with Gasteiger partial charge in [0, 0.05) is 88.1 Å². The monoisotopic (exact) mass is 1160 g/mol. The van der Waals surface area contributed by atoms with Gasteiger partial charge in [-0.1, -0.05) is 38.1 Å². The lowest BCUT2D eigenvalue weighted by atomic mass is 10.00. The highest BCUT2D eigenvalue weighted by Crippen LogP contribution is 2.41. The number of piperazine rings is 1. The summed E-state index contributed by atoms with van der Waals surface area (Å²) in [6.07, 6.45) is 8.81. The third kappa shape index (κ3) is 16.7. The summed E-state index contributed by atoms with van der Waals surface area (Å²) in [5, 5.41) is 29.2. The van der Waals surface area contributed by atoms with Crippen LogP contribution in [0.4, 0.5) is 15.9 Å². The second kappa shape index (κ2) is 29.3. The van der Waals surface area contributed by atoms with E-state index in [0.717, 1.165) is 51.5 Å². The Morgan fingerprint density at radius 3 is 2.14 bits per heavy atom. The Labute approximate surface area is 485 Å². The SMILES string of the molecule is Cc1ncsc1-c1ccc([C@H](CC(=O)NCCOCCOCCOCCOCCNC(=O)CN2CCN(C(=O)c3ccc(Nc4nc(C5CC5)cn5c(-c6cn[nH]c6)cnc45)c(F)c3)CC2)NC(=O)C2C[C@@H](O)CN2C(=O)CC(C)C)cc1. The number of anilines is 2. The molecule has 6 N–H and O–H groups in total. The Morgan fingerprint density at radius 2 is 1.52 bits per heavy atom. The first-order valence-corrected chi connectivity index (χ1v) is 29.2. The Kier molecular flexibility index (Phi) is 21.3. The van der Waals surface area contributed by atoms with Crippen LogP contribution in [0.3, 0.4) is 0 Å². The number of amides is 5. The van der Waals surface area contributed by atoms with Gasteiger partial charge in [-0.25, -0.2) is 19.3 Å². The lowest BCUT2D eigenvalue weighted by Crippen LogP contribution is -2.51. The van der Waals surface area contributed by atoms with Gasteiger partial charge < -0.3 is 55.1 Å². The number of benzene rings is 2. The quantitative estimate of drug-likeness (QED) is 0.0336. The van der Waals surface area contributed by atoms with Crippen LogP contribution in [0, 0.1) is 18.7 Å². The van der Waals surface area contributed by atoms with Gasteiger partial charge in [0.1, 0.15) is 11.9 Å². The molecule has 9 rings (SSSR count). The molecule has 1 aliphatic carbocycles. The number of hydrogen-bond acceptors (Lipinski definition) is 17. The second-order valence-corrected chi connectivity index (χ2v) is 22.2. The third-order valence-corrected chi connectivity index (χ3v) is 15.5. The van der Waals surface area contributed by atoms with Crippen molar-refractivity contribution in [3.8, 4) is 21.7 Å². The van der Waals surface area contributed by atoms with Gasteiger partial charge in [0.15, 0.2) is 11.5 Å². The van der Waals surface area contributed by atoms with E-state index in [1.54, 1.807) is 41.1 Å². The Hall–Kier alpha value is -7.26. The first-order chi connectivity index (χ1) is 40.3. The van der Waals surface area contributed by atoms with Crippen molar-refractivity contribution in [2.24, 2.45) is 5.92 Å². The van der Waals surface area contributed by atoms with E-state index >= 15 is 4.39 Å². The van der Waals surface area contributed by atoms with Gasteiger partial charge in [0.25, 0.3) is 5.91 Å². The van der Waals surface area contributed by atoms with Crippen molar-refractivity contribution in [1.29, 1.82) is 0 Å². The maximum atomic E-state index is 15.6. The van der Waals surface area contributed by atoms with Gasteiger partial charge in [0.2, 0.25) is 23.6 Å². The molecule has 2 aliphatic heterocycles. The normalized spacial score (nSPS) is 16.8. The molecule has 4 aromatic heterocycles. The molecule has 2 aromatic carbocycles. The van der Waals surface area contributed by atoms with Gasteiger partial charge in [-0.2, -0.15) is 5.10 Å². The van der Waals surface area contributed by atoms with Crippen LogP contribution in [0.25, 0.3) is 27.3 Å². The number of carbonyl (C=O) groups is 5. The van der Waals surface area contributed by atoms with Crippen LogP contribution >= 0.6 is 11.3 Å². The zero-order chi connectivity index (χ0) is 58.2. The number of imidazole rings is 1. The molecule has 3 fully saturated rings. The van der Waals surface area contributed by atoms with Gasteiger partial charge in [-0.15, -0.1) is 11.3 Å². The second-order valence-electron chi connectivity index (χ2n) is 21.4. The summed E-state index contributed by atoms with van der Waals surface area (Å²) < 4.78 is 40.0. The van der Waals surface area contributed by atoms with Crippen LogP contribution in [-0.2, 0) is 38.1 Å². The van der Waals surface area contributed by atoms with E-state index in [4.69, 9.17) is 23.9 Å². The highest BCUT2D eigenvalue weighted by atomic mass is 32.1. The van der Waals surface area contributed by atoms with Crippen molar-refractivity contribution in [1.82, 2.24) is 60.2 Å². The van der Waals surface area contributed by atoms with Crippen LogP contribution in [0.1, 0.15) is 85.2 Å². The highest BCUT2D eigenvalue weighted by Gasteiger charge is 2.40. The van der Waals surface area contributed by atoms with E-state index in [-0.39, 0.29) is 86.3 Å². The fourth-order valence-electron chi connectivity index (χ4n) is 10.0. The van der Waals surface area contributed by atoms with Crippen molar-refractivity contribution in [2.75, 3.05) is 111 Å². The fraction of sp³-hybridized carbons (Fsp3) is 0.500. The average Bonchev–Trinajstić information content (AvgIpc) is 4.07. The van der Waals surface area contributed by atoms with Gasteiger partial charge in [-0.05, 0) is 55.0 Å². The lowest BCUT2D eigenvalue weighted by Gasteiger charge is -2.34. The fourth-order valence-corrected chi connectivity index (χ4v) is 10.8. The predicted molar refractivity (Wildman–Crippen MR) is 307 cm³/mol. The number of carbonyl (C=O) groups excluding carboxylic acids is 5. The minimum Gasteiger partial charge on any atom is -0.391 e. The van der Waals surface area contributed by atoms with Crippen LogP contribution in [0.5, 0.6) is 0 Å². The molecular weight excluding hydrogens is 1090 g/mol. The molecule has 6 heterocycles. The molecule has 83 heavy (non-hydrogen) atoms. The first-order valence-electron chi connectivity index (χ1n) is 28.4. The smallest absolute Gasteiger partial charge is 0.254 e. The number of rotatable bonds is 30. The Balaban J connectivity index is 0.591. The molecule has 5 amide bonds. The molecule has 444 valence electrons. The first kappa shape index (κ1) is 60.3. The lowest BCUT2D eigenvalue weighted by molar-refractivity contribution is -0.139. The van der Waals surface area contributed by atoms with Crippen molar-refractivity contribution in [2.45, 2.75) is 77.0 Å². The summed E-state index contributed by atoms with van der Waals surface area (Å²) in [4.78, 5) is 85.9. The van der Waals surface area contributed by atoms with E-state index in [0.29, 0.717) is 96.4 Å². The van der Waals surface area contributed by atoms with E-state index in [1.807, 2.05) is 60.5 Å². The number of nitrogens with one attached hydrogen (secondary N) is 5. The molecule has 0 spiro atoms. The van der Waals surface area contributed by atoms with Gasteiger partial charge in [0.05, 0.1) is 124 Å². The van der Waals surface area contributed by atoms with E-state index in [9.17, 15) is 29.1 Å². The number of β-amino-alcohol motifs (C(OH)–C–C–N with tert-alkyl or cyclic N) is 1. The van der Waals surface area contributed by atoms with E-state index in [2.05, 4.69) is 41.4 Å². The number of hydrogen-bond donors (Lipinski definition) is 6. The summed E-state index contributed by atoms with van der Waals surface area (Å²) in [7, 11) is 0. The van der Waals surface area contributed by atoms with E-state index < -0.39 is 29.9 Å². The number of nitrogens with zero attached hydrogens (tertiary/aromatic N) is 8. The topological polar surface area (TPSA) is 272 Å². The molecule has 1 unspecified atom stereocenters. The van der Waals surface area contributed by atoms with Crippen LogP contribution in [-0.4, -0.2) is 196 Å². The van der Waals surface area contributed by atoms with Crippen molar-refractivity contribution in [3.63, 3.8) is 0 Å². The molecule has 0 bridgehead atoms. The van der Waals surface area contributed by atoms with Crippen molar-refractivity contribution >= 4 is 58.0 Å². The zero-order valence-corrected chi connectivity index (χ0v) is 48.0. The number of likely N-dealkylation sites (tertiary alicyclic amines) is 1. The van der Waals surface area contributed by atoms with Crippen LogP contribution < -0.4 is 21.3 Å². The molecule has 25 heteroatoms. The highest BCUT2D eigenvalue weighted by molar-refractivity contribution is 7.13. The molecule has 6 aromatic rings. The molecular formula is C58H74FN13O10S. The number of fused-ring (bicyclic) bond motifs is 1. The Bertz CT molecular complexity index is 3130. The molecule has 1 saturated carbocycles. The number of ether oxygens (including phenoxy) is 4. The largest absolute Gasteiger partial charge is 0.391 e. The van der Waals surface area contributed by atoms with Crippen LogP contribution in [0.2, 0.25) is 0 Å². The maximum Gasteiger partial charge on any atom is 0.254 e. The zero-order valence-electron chi connectivity index (χ0n) is 47.1. The van der Waals surface area contributed by atoms with Crippen molar-refractivity contribution in [3.05, 3.63) is 101 Å². The minimum atomic E-state index is -0.842. The average molecular weight is 1160 g/mol. The molecule has 3 aliphatic rings. The number of aliphatic hydroxyl groups excluding tert-OH is 1. The number of aliphatic hydroxyl groups is 1. The predicted octanol–water partition coefficient (Wildman–Crippen LogP) is 4.62. The summed E-state index contributed by atoms with van der Waals surface area (Å²) in [6, 6.07) is 10.5. The van der Waals surface area contributed by atoms with E-state index in [1.165, 1.54) is 22.3 Å². The standard InChI is InChI=1S/C58H74FN13O10S/c1-37(2)26-53(76)71-33-44(73)28-49(71)57(77)68-47(39-6-8-41(9-7-39)54-38(3)63-36-83-54)29-51(74)60-12-18-79-20-22-81-24-25-82-23-21-80-19-13-61-52(75)35-69-14-16-70(17-15-69)58(78)42-10-11-46(45(59)27-42)66-55-56-62-32-50(43-30-64-65-31-43)72(56)34-48(67-55)40-4-5-40/h6-11,27,30-32,34,36-37,40,44,47,49,73H,4-5,12-26,28-29,33,35H2,1-3H3,(H,60,74)(H,61,75)(H,64,65)(H,66,67)(H,68,77)/t44-,47+,49?/m1/s1. The van der Waals surface area contributed by atoms with Crippen LogP contribution in [0.15, 0.2) is 72.8 Å². The number of aromatic nitrogens is 6.